The molecule has 1 unspecified atom stereocenters. The highest BCUT2D eigenvalue weighted by atomic mass is 32.1. The van der Waals surface area contributed by atoms with E-state index in [9.17, 15) is 4.79 Å². The normalized spacial score (nSPS) is 14.9. The van der Waals surface area contributed by atoms with Gasteiger partial charge in [0, 0.05) is 25.1 Å². The van der Waals surface area contributed by atoms with Crippen LogP contribution in [-0.4, -0.2) is 49.3 Å². The summed E-state index contributed by atoms with van der Waals surface area (Å²) in [6, 6.07) is 13.7. The Morgan fingerprint density at radius 2 is 1.86 bits per heavy atom. The highest BCUT2D eigenvalue weighted by Gasteiger charge is 2.17. The topological polar surface area (TPSA) is 48.0 Å². The van der Waals surface area contributed by atoms with E-state index < -0.39 is 0 Å². The van der Waals surface area contributed by atoms with E-state index in [0.29, 0.717) is 25.4 Å². The van der Waals surface area contributed by atoms with Crippen LogP contribution in [0.3, 0.4) is 0 Å². The van der Waals surface area contributed by atoms with Crippen molar-refractivity contribution in [3.63, 3.8) is 0 Å². The molecular weight excluding hydrogens is 386 g/mol. The molecule has 0 saturated carbocycles. The van der Waals surface area contributed by atoms with E-state index in [2.05, 4.69) is 17.9 Å². The summed E-state index contributed by atoms with van der Waals surface area (Å²) in [5.41, 5.74) is 3.12. The second-order valence-corrected chi connectivity index (χ2v) is 7.67. The Hall–Kier alpha value is -2.44. The van der Waals surface area contributed by atoms with Crippen LogP contribution in [0.4, 0.5) is 0 Å². The fraction of sp³-hybridized carbons (Fsp3) is 0.391. The molecule has 6 heteroatoms. The lowest BCUT2D eigenvalue weighted by atomic mass is 10.0. The summed E-state index contributed by atoms with van der Waals surface area (Å²) in [6.45, 7) is 6.99. The van der Waals surface area contributed by atoms with Crippen LogP contribution in [0, 0.1) is 6.92 Å². The predicted octanol–water partition coefficient (Wildman–Crippen LogP) is 4.27. The van der Waals surface area contributed by atoms with E-state index >= 15 is 0 Å². The Morgan fingerprint density at radius 1 is 1.17 bits per heavy atom. The number of hydrogen-bond donors (Lipinski definition) is 0. The van der Waals surface area contributed by atoms with Crippen LogP contribution < -0.4 is 4.74 Å². The molecule has 1 heterocycles. The van der Waals surface area contributed by atoms with Crippen molar-refractivity contribution in [3.05, 3.63) is 59.2 Å². The number of carbonyl (C=O) groups is 1. The first kappa shape index (κ1) is 21.3. The first-order valence-electron chi connectivity index (χ1n) is 9.78. The molecule has 1 aliphatic rings. The van der Waals surface area contributed by atoms with Crippen molar-refractivity contribution in [1.82, 2.24) is 4.90 Å². The van der Waals surface area contributed by atoms with E-state index in [0.717, 1.165) is 35.0 Å². The first-order valence-corrected chi connectivity index (χ1v) is 10.2. The zero-order valence-electron chi connectivity index (χ0n) is 17.1. The summed E-state index contributed by atoms with van der Waals surface area (Å²) in [4.78, 5) is 14.8. The second kappa shape index (κ2) is 9.85. The number of methoxy groups -OCH3 is 1. The highest BCUT2D eigenvalue weighted by Crippen LogP contribution is 2.29. The molecule has 0 spiro atoms. The zero-order chi connectivity index (χ0) is 20.8. The van der Waals surface area contributed by atoms with Gasteiger partial charge in [-0.05, 0) is 37.6 Å². The molecule has 2 aromatic carbocycles. The number of carbonyl (C=O) groups excluding carboxylic acids is 1. The number of thiocarbonyl (C=S) groups is 1. The molecule has 0 radical (unpaired) electrons. The number of morpholine rings is 1. The van der Waals surface area contributed by atoms with Crippen LogP contribution in [0.5, 0.6) is 11.5 Å². The van der Waals surface area contributed by atoms with Gasteiger partial charge < -0.3 is 19.1 Å². The van der Waals surface area contributed by atoms with E-state index in [1.807, 2.05) is 43.3 Å². The Kier molecular flexibility index (Phi) is 7.23. The Bertz CT molecular complexity index is 860. The average molecular weight is 414 g/mol. The van der Waals surface area contributed by atoms with Crippen molar-refractivity contribution in [2.24, 2.45) is 0 Å². The minimum atomic E-state index is -0.310. The van der Waals surface area contributed by atoms with Crippen LogP contribution in [-0.2, 0) is 20.7 Å². The summed E-state index contributed by atoms with van der Waals surface area (Å²) < 4.78 is 16.4. The quantitative estimate of drug-likeness (QED) is 0.521. The third kappa shape index (κ3) is 5.55. The molecule has 2 aromatic rings. The summed E-state index contributed by atoms with van der Waals surface area (Å²) in [5, 5.41) is 0. The van der Waals surface area contributed by atoms with Crippen molar-refractivity contribution >= 4 is 23.2 Å². The SMILES string of the molecule is COC(=O)C(C)c1ccc(Oc2ccc(C)cc2CC(=S)N2CCOCC2)cc1. The predicted molar refractivity (Wildman–Crippen MR) is 117 cm³/mol. The first-order chi connectivity index (χ1) is 14.0. The monoisotopic (exact) mass is 413 g/mol. The van der Waals surface area contributed by atoms with Crippen LogP contribution >= 0.6 is 12.2 Å². The van der Waals surface area contributed by atoms with Crippen LogP contribution in [0.1, 0.15) is 29.5 Å². The number of ether oxygens (including phenoxy) is 3. The third-order valence-electron chi connectivity index (χ3n) is 5.08. The van der Waals surface area contributed by atoms with Crippen LogP contribution in [0.2, 0.25) is 0 Å². The Balaban J connectivity index is 1.73. The highest BCUT2D eigenvalue weighted by molar-refractivity contribution is 7.80. The average Bonchev–Trinajstić information content (AvgIpc) is 2.75. The van der Waals surface area contributed by atoms with Crippen LogP contribution in [0.25, 0.3) is 0 Å². The maximum Gasteiger partial charge on any atom is 0.312 e. The van der Waals surface area contributed by atoms with Crippen molar-refractivity contribution in [3.8, 4) is 11.5 Å². The van der Waals surface area contributed by atoms with E-state index in [1.54, 1.807) is 0 Å². The van der Waals surface area contributed by atoms with Crippen LogP contribution in [0.15, 0.2) is 42.5 Å². The van der Waals surface area contributed by atoms with E-state index in [4.69, 9.17) is 26.4 Å². The molecule has 0 N–H and O–H groups in total. The molecule has 3 rings (SSSR count). The van der Waals surface area contributed by atoms with Gasteiger partial charge in [0.15, 0.2) is 0 Å². The fourth-order valence-corrected chi connectivity index (χ4v) is 3.64. The van der Waals surface area contributed by atoms with Crippen molar-refractivity contribution in [2.45, 2.75) is 26.2 Å². The minimum absolute atomic E-state index is 0.254. The molecule has 0 aromatic heterocycles. The van der Waals surface area contributed by atoms with Crippen molar-refractivity contribution < 1.29 is 19.0 Å². The number of benzene rings is 2. The lowest BCUT2D eigenvalue weighted by Gasteiger charge is -2.29. The molecule has 1 atom stereocenters. The maximum atomic E-state index is 11.7. The molecule has 1 fully saturated rings. The number of aryl methyl sites for hydroxylation is 1. The van der Waals surface area contributed by atoms with E-state index in [-0.39, 0.29) is 11.9 Å². The molecule has 154 valence electrons. The molecule has 1 aliphatic heterocycles. The molecule has 5 nitrogen and oxygen atoms in total. The van der Waals surface area contributed by atoms with E-state index in [1.165, 1.54) is 12.7 Å². The lowest BCUT2D eigenvalue weighted by Crippen LogP contribution is -2.40. The summed E-state index contributed by atoms with van der Waals surface area (Å²) in [7, 11) is 1.40. The standard InChI is InChI=1S/C23H27NO4S/c1-16-4-9-21(19(14-16)15-22(29)24-10-12-27-13-11-24)28-20-7-5-18(6-8-20)17(2)23(25)26-3/h4-9,14,17H,10-13,15H2,1-3H3. The van der Waals surface area contributed by atoms with Crippen molar-refractivity contribution in [2.75, 3.05) is 33.4 Å². The van der Waals surface area contributed by atoms with Crippen molar-refractivity contribution in [1.29, 1.82) is 0 Å². The van der Waals surface area contributed by atoms with Gasteiger partial charge in [0.2, 0.25) is 0 Å². The summed E-state index contributed by atoms with van der Waals surface area (Å²) >= 11 is 5.68. The summed E-state index contributed by atoms with van der Waals surface area (Å²) in [6.07, 6.45) is 0.657. The summed E-state index contributed by atoms with van der Waals surface area (Å²) in [5.74, 6) is 0.944. The zero-order valence-corrected chi connectivity index (χ0v) is 18.0. The van der Waals surface area contributed by atoms with Gasteiger partial charge in [0.1, 0.15) is 11.5 Å². The van der Waals surface area contributed by atoms with Gasteiger partial charge in [-0.1, -0.05) is 42.0 Å². The smallest absolute Gasteiger partial charge is 0.312 e. The van der Waals surface area contributed by atoms with Gasteiger partial charge in [0.25, 0.3) is 0 Å². The van der Waals surface area contributed by atoms with Gasteiger partial charge >= 0.3 is 5.97 Å². The largest absolute Gasteiger partial charge is 0.469 e. The molecule has 0 aliphatic carbocycles. The number of esters is 1. The van der Waals surface area contributed by atoms with Gasteiger partial charge in [-0.15, -0.1) is 0 Å². The molecule has 1 saturated heterocycles. The molecular formula is C23H27NO4S. The number of hydrogen-bond acceptors (Lipinski definition) is 5. The Labute approximate surface area is 177 Å². The van der Waals surface area contributed by atoms with Gasteiger partial charge in [-0.25, -0.2) is 0 Å². The van der Waals surface area contributed by atoms with Gasteiger partial charge in [-0.2, -0.15) is 0 Å². The lowest BCUT2D eigenvalue weighted by molar-refractivity contribution is -0.141. The van der Waals surface area contributed by atoms with Gasteiger partial charge in [-0.3, -0.25) is 4.79 Å². The third-order valence-corrected chi connectivity index (χ3v) is 5.49. The molecule has 29 heavy (non-hydrogen) atoms. The van der Waals surface area contributed by atoms with Gasteiger partial charge in [0.05, 0.1) is 31.2 Å². The number of nitrogens with zero attached hydrogens (tertiary/aromatic N) is 1. The fourth-order valence-electron chi connectivity index (χ4n) is 3.30. The Morgan fingerprint density at radius 3 is 2.52 bits per heavy atom. The maximum absolute atomic E-state index is 11.7. The molecule has 0 amide bonds. The molecule has 0 bridgehead atoms. The second-order valence-electron chi connectivity index (χ2n) is 7.20. The minimum Gasteiger partial charge on any atom is -0.469 e. The number of rotatable bonds is 6.